The second kappa shape index (κ2) is 7.61. The van der Waals surface area contributed by atoms with Crippen LogP contribution in [0.4, 0.5) is 0 Å². The summed E-state index contributed by atoms with van der Waals surface area (Å²) in [6.07, 6.45) is 3.09. The fourth-order valence-corrected chi connectivity index (χ4v) is 2.92. The van der Waals surface area contributed by atoms with Crippen molar-refractivity contribution in [3.8, 4) is 0 Å². The first kappa shape index (κ1) is 16.9. The summed E-state index contributed by atoms with van der Waals surface area (Å²) >= 11 is 0. The van der Waals surface area contributed by atoms with Crippen molar-refractivity contribution in [2.24, 2.45) is 11.3 Å². The molecule has 0 bridgehead atoms. The summed E-state index contributed by atoms with van der Waals surface area (Å²) in [4.78, 5) is 2.56. The van der Waals surface area contributed by atoms with Crippen molar-refractivity contribution in [1.82, 2.24) is 10.2 Å². The lowest BCUT2D eigenvalue weighted by atomic mass is 9.89. The van der Waals surface area contributed by atoms with Gasteiger partial charge in [-0.3, -0.25) is 0 Å². The van der Waals surface area contributed by atoms with Crippen LogP contribution >= 0.6 is 0 Å². The number of hydrogen-bond donors (Lipinski definition) is 2. The quantitative estimate of drug-likeness (QED) is 0.778. The van der Waals surface area contributed by atoms with E-state index in [0.29, 0.717) is 6.04 Å². The van der Waals surface area contributed by atoms with E-state index in [1.54, 1.807) is 0 Å². The van der Waals surface area contributed by atoms with Crippen molar-refractivity contribution in [1.29, 1.82) is 0 Å². The summed E-state index contributed by atoms with van der Waals surface area (Å²) in [5.41, 5.74) is 0.210. The molecule has 1 unspecified atom stereocenters. The van der Waals surface area contributed by atoms with Crippen molar-refractivity contribution < 1.29 is 5.11 Å². The summed E-state index contributed by atoms with van der Waals surface area (Å²) in [6, 6.07) is 0.595. The van der Waals surface area contributed by atoms with Crippen LogP contribution in [0.5, 0.6) is 0 Å². The third-order valence-electron chi connectivity index (χ3n) is 3.70. The number of aliphatic hydroxyl groups excluding tert-OH is 1. The number of aliphatic hydroxyl groups is 1. The Morgan fingerprint density at radius 3 is 2.26 bits per heavy atom. The average molecular weight is 270 g/mol. The predicted molar refractivity (Wildman–Crippen MR) is 82.4 cm³/mol. The molecule has 0 amide bonds. The first-order valence-corrected chi connectivity index (χ1v) is 7.90. The molecule has 1 heterocycles. The van der Waals surface area contributed by atoms with Crippen molar-refractivity contribution in [2.45, 2.75) is 66.0 Å². The summed E-state index contributed by atoms with van der Waals surface area (Å²) in [7, 11) is 0. The molecule has 114 valence electrons. The first-order chi connectivity index (χ1) is 8.76. The molecule has 1 fully saturated rings. The van der Waals surface area contributed by atoms with E-state index in [2.05, 4.69) is 44.8 Å². The third-order valence-corrected chi connectivity index (χ3v) is 3.70. The maximum absolute atomic E-state index is 10.0. The highest BCUT2D eigenvalue weighted by Crippen LogP contribution is 2.20. The molecular weight excluding hydrogens is 236 g/mol. The number of hydrogen-bond acceptors (Lipinski definition) is 3. The highest BCUT2D eigenvalue weighted by molar-refractivity contribution is 4.79. The molecule has 1 atom stereocenters. The van der Waals surface area contributed by atoms with Gasteiger partial charge in [0.2, 0.25) is 0 Å². The lowest BCUT2D eigenvalue weighted by Gasteiger charge is -2.34. The molecule has 0 aromatic rings. The molecule has 0 radical (unpaired) electrons. The van der Waals surface area contributed by atoms with E-state index in [4.69, 9.17) is 0 Å². The lowest BCUT2D eigenvalue weighted by molar-refractivity contribution is 0.109. The van der Waals surface area contributed by atoms with Crippen LogP contribution in [0.3, 0.4) is 0 Å². The Balaban J connectivity index is 2.16. The molecular formula is C16H34N2O. The minimum absolute atomic E-state index is 0.210. The van der Waals surface area contributed by atoms with Crippen molar-refractivity contribution >= 4 is 0 Å². The standard InChI is InChI=1S/C16H34N2O/c1-13(2)12-18-8-6-14(7-9-18)17-11-15(19)10-16(3,4)5/h13-15,17,19H,6-12H2,1-5H3. The van der Waals surface area contributed by atoms with Crippen LogP contribution in [0.2, 0.25) is 0 Å². The molecule has 3 nitrogen and oxygen atoms in total. The van der Waals surface area contributed by atoms with E-state index in [1.807, 2.05) is 0 Å². The smallest absolute Gasteiger partial charge is 0.0669 e. The van der Waals surface area contributed by atoms with Crippen LogP contribution in [0.25, 0.3) is 0 Å². The van der Waals surface area contributed by atoms with Gasteiger partial charge >= 0.3 is 0 Å². The number of nitrogens with one attached hydrogen (secondary N) is 1. The van der Waals surface area contributed by atoms with Gasteiger partial charge in [-0.05, 0) is 43.7 Å². The van der Waals surface area contributed by atoms with E-state index in [9.17, 15) is 5.11 Å². The van der Waals surface area contributed by atoms with E-state index >= 15 is 0 Å². The first-order valence-electron chi connectivity index (χ1n) is 7.90. The molecule has 0 spiro atoms. The Hall–Kier alpha value is -0.120. The zero-order valence-electron chi connectivity index (χ0n) is 13.6. The lowest BCUT2D eigenvalue weighted by Crippen LogP contribution is -2.45. The molecule has 3 heteroatoms. The van der Waals surface area contributed by atoms with E-state index < -0.39 is 0 Å². The minimum atomic E-state index is -0.214. The van der Waals surface area contributed by atoms with E-state index in [1.165, 1.54) is 32.5 Å². The van der Waals surface area contributed by atoms with Gasteiger partial charge in [0.15, 0.2) is 0 Å². The molecule has 1 aliphatic heterocycles. The van der Waals surface area contributed by atoms with Crippen LogP contribution < -0.4 is 5.32 Å². The Labute approximate surface area is 119 Å². The van der Waals surface area contributed by atoms with E-state index in [-0.39, 0.29) is 11.5 Å². The fraction of sp³-hybridized carbons (Fsp3) is 1.00. The molecule has 0 aromatic heterocycles. The van der Waals surface area contributed by atoms with Gasteiger partial charge in [0.25, 0.3) is 0 Å². The Bertz CT molecular complexity index is 240. The number of nitrogens with zero attached hydrogens (tertiary/aromatic N) is 1. The second-order valence-corrected chi connectivity index (χ2v) is 7.80. The Kier molecular flexibility index (Phi) is 6.78. The summed E-state index contributed by atoms with van der Waals surface area (Å²) in [5, 5.41) is 13.6. The van der Waals surface area contributed by atoms with Gasteiger partial charge in [0.05, 0.1) is 6.10 Å². The highest BCUT2D eigenvalue weighted by Gasteiger charge is 2.21. The zero-order valence-corrected chi connectivity index (χ0v) is 13.6. The Morgan fingerprint density at radius 2 is 1.79 bits per heavy atom. The predicted octanol–water partition coefficient (Wildman–Crippen LogP) is 2.49. The van der Waals surface area contributed by atoms with Gasteiger partial charge in [-0.2, -0.15) is 0 Å². The molecule has 1 aliphatic rings. The molecule has 0 saturated carbocycles. The molecule has 2 N–H and O–H groups in total. The van der Waals surface area contributed by atoms with Crippen LogP contribution in [0, 0.1) is 11.3 Å². The van der Waals surface area contributed by atoms with Crippen LogP contribution in [-0.4, -0.2) is 48.3 Å². The van der Waals surface area contributed by atoms with Crippen molar-refractivity contribution in [2.75, 3.05) is 26.2 Å². The van der Waals surface area contributed by atoms with Gasteiger partial charge in [0, 0.05) is 19.1 Å². The number of rotatable bonds is 6. The summed E-state index contributed by atoms with van der Waals surface area (Å²) in [5.74, 6) is 0.762. The number of likely N-dealkylation sites (tertiary alicyclic amines) is 1. The number of piperidine rings is 1. The van der Waals surface area contributed by atoms with Gasteiger partial charge in [-0.1, -0.05) is 34.6 Å². The normalized spacial score (nSPS) is 21.0. The van der Waals surface area contributed by atoms with Crippen molar-refractivity contribution in [3.05, 3.63) is 0 Å². The van der Waals surface area contributed by atoms with Gasteiger partial charge in [0.1, 0.15) is 0 Å². The SMILES string of the molecule is CC(C)CN1CCC(NCC(O)CC(C)(C)C)CC1. The summed E-state index contributed by atoms with van der Waals surface area (Å²) < 4.78 is 0. The van der Waals surface area contributed by atoms with Crippen molar-refractivity contribution in [3.63, 3.8) is 0 Å². The maximum atomic E-state index is 10.0. The van der Waals surface area contributed by atoms with Gasteiger partial charge < -0.3 is 15.3 Å². The maximum Gasteiger partial charge on any atom is 0.0669 e. The largest absolute Gasteiger partial charge is 0.392 e. The van der Waals surface area contributed by atoms with Crippen LogP contribution in [0.15, 0.2) is 0 Å². The Morgan fingerprint density at radius 1 is 1.21 bits per heavy atom. The van der Waals surface area contributed by atoms with E-state index in [0.717, 1.165) is 18.9 Å². The van der Waals surface area contributed by atoms with Gasteiger partial charge in [-0.15, -0.1) is 0 Å². The summed E-state index contributed by atoms with van der Waals surface area (Å²) in [6.45, 7) is 15.5. The highest BCUT2D eigenvalue weighted by atomic mass is 16.3. The van der Waals surface area contributed by atoms with Crippen LogP contribution in [0.1, 0.15) is 53.9 Å². The monoisotopic (exact) mass is 270 g/mol. The van der Waals surface area contributed by atoms with Gasteiger partial charge in [-0.25, -0.2) is 0 Å². The second-order valence-electron chi connectivity index (χ2n) is 7.80. The molecule has 1 saturated heterocycles. The topological polar surface area (TPSA) is 35.5 Å². The molecule has 0 aromatic carbocycles. The third kappa shape index (κ3) is 7.91. The van der Waals surface area contributed by atoms with Crippen LogP contribution in [-0.2, 0) is 0 Å². The average Bonchev–Trinajstić information content (AvgIpc) is 2.25. The molecule has 19 heavy (non-hydrogen) atoms. The molecule has 0 aliphatic carbocycles. The molecule has 1 rings (SSSR count). The fourth-order valence-electron chi connectivity index (χ4n) is 2.92. The minimum Gasteiger partial charge on any atom is -0.392 e. The zero-order chi connectivity index (χ0) is 14.5.